The van der Waals surface area contributed by atoms with E-state index < -0.39 is 0 Å². The van der Waals surface area contributed by atoms with Gasteiger partial charge in [-0.15, -0.1) is 11.8 Å². The predicted octanol–water partition coefficient (Wildman–Crippen LogP) is 3.04. The first-order valence-corrected chi connectivity index (χ1v) is 6.13. The summed E-state index contributed by atoms with van der Waals surface area (Å²) in [4.78, 5) is 0. The number of nitrogens with two attached hydrogens (primary N) is 1. The summed E-state index contributed by atoms with van der Waals surface area (Å²) in [5.41, 5.74) is 5.87. The number of hydrogen-bond donors (Lipinski definition) is 1. The van der Waals surface area contributed by atoms with Crippen LogP contribution in [0.2, 0.25) is 0 Å². The number of rotatable bonds is 3. The van der Waals surface area contributed by atoms with Gasteiger partial charge in [-0.25, -0.2) is 0 Å². The third kappa shape index (κ3) is 2.88. The fourth-order valence-electron chi connectivity index (χ4n) is 2.22. The Morgan fingerprint density at radius 3 is 2.23 bits per heavy atom. The van der Waals surface area contributed by atoms with Crippen LogP contribution in [0.5, 0.6) is 0 Å². The standard InChI is InChI=1S/C11H23NS/c1-5-9-6-11(7-9,8-12)13-10(2,3)4/h9H,5-8,12H2,1-4H3. The molecule has 0 unspecified atom stereocenters. The molecule has 0 radical (unpaired) electrons. The van der Waals surface area contributed by atoms with E-state index >= 15 is 0 Å². The van der Waals surface area contributed by atoms with Gasteiger partial charge in [0, 0.05) is 16.0 Å². The summed E-state index contributed by atoms with van der Waals surface area (Å²) >= 11 is 2.09. The van der Waals surface area contributed by atoms with Crippen LogP contribution >= 0.6 is 11.8 Å². The molecule has 0 atom stereocenters. The van der Waals surface area contributed by atoms with Crippen molar-refractivity contribution < 1.29 is 0 Å². The van der Waals surface area contributed by atoms with Gasteiger partial charge in [0.15, 0.2) is 0 Å². The van der Waals surface area contributed by atoms with Crippen LogP contribution in [0.4, 0.5) is 0 Å². The van der Waals surface area contributed by atoms with Crippen molar-refractivity contribution in [1.29, 1.82) is 0 Å². The second-order valence-electron chi connectivity index (χ2n) is 5.28. The first kappa shape index (κ1) is 11.4. The summed E-state index contributed by atoms with van der Waals surface area (Å²) in [7, 11) is 0. The minimum absolute atomic E-state index is 0.359. The maximum absolute atomic E-state index is 5.87. The first-order chi connectivity index (χ1) is 5.91. The fourth-order valence-corrected chi connectivity index (χ4v) is 4.24. The predicted molar refractivity (Wildman–Crippen MR) is 62.1 cm³/mol. The molecule has 0 amide bonds. The van der Waals surface area contributed by atoms with E-state index in [1.54, 1.807) is 0 Å². The van der Waals surface area contributed by atoms with Crippen molar-refractivity contribution in [3.63, 3.8) is 0 Å². The number of hydrogen-bond acceptors (Lipinski definition) is 2. The first-order valence-electron chi connectivity index (χ1n) is 5.31. The van der Waals surface area contributed by atoms with Crippen LogP contribution in [0, 0.1) is 5.92 Å². The zero-order chi connectivity index (χ0) is 10.1. The smallest absolute Gasteiger partial charge is 0.0292 e. The maximum atomic E-state index is 5.87. The van der Waals surface area contributed by atoms with Crippen molar-refractivity contribution in [3.8, 4) is 0 Å². The lowest BCUT2D eigenvalue weighted by Crippen LogP contribution is -2.48. The van der Waals surface area contributed by atoms with Crippen molar-refractivity contribution in [2.45, 2.75) is 56.5 Å². The molecule has 1 aliphatic carbocycles. The maximum Gasteiger partial charge on any atom is 0.0292 e. The second kappa shape index (κ2) is 3.82. The molecule has 1 aliphatic rings. The van der Waals surface area contributed by atoms with Gasteiger partial charge in [0.25, 0.3) is 0 Å². The minimum atomic E-state index is 0.359. The van der Waals surface area contributed by atoms with E-state index in [0.717, 1.165) is 12.5 Å². The van der Waals surface area contributed by atoms with Crippen LogP contribution < -0.4 is 5.73 Å². The molecule has 78 valence electrons. The third-order valence-electron chi connectivity index (χ3n) is 2.79. The van der Waals surface area contributed by atoms with Gasteiger partial charge in [0.1, 0.15) is 0 Å². The molecule has 2 N–H and O–H groups in total. The minimum Gasteiger partial charge on any atom is -0.329 e. The van der Waals surface area contributed by atoms with Gasteiger partial charge in [0.2, 0.25) is 0 Å². The van der Waals surface area contributed by atoms with Crippen molar-refractivity contribution >= 4 is 11.8 Å². The largest absolute Gasteiger partial charge is 0.329 e. The van der Waals surface area contributed by atoms with Crippen LogP contribution in [-0.4, -0.2) is 16.0 Å². The van der Waals surface area contributed by atoms with Gasteiger partial charge in [0.05, 0.1) is 0 Å². The molecule has 0 bridgehead atoms. The summed E-state index contributed by atoms with van der Waals surface area (Å²) in [6.45, 7) is 10.00. The molecule has 1 fully saturated rings. The lowest BCUT2D eigenvalue weighted by atomic mass is 9.73. The van der Waals surface area contributed by atoms with Gasteiger partial charge >= 0.3 is 0 Å². The van der Waals surface area contributed by atoms with Gasteiger partial charge in [-0.05, 0) is 18.8 Å². The molecule has 0 heterocycles. The zero-order valence-corrected chi connectivity index (χ0v) is 10.2. The zero-order valence-electron chi connectivity index (χ0n) is 9.39. The van der Waals surface area contributed by atoms with E-state index in [1.165, 1.54) is 19.3 Å². The van der Waals surface area contributed by atoms with Crippen LogP contribution in [-0.2, 0) is 0 Å². The van der Waals surface area contributed by atoms with Crippen LogP contribution in [0.15, 0.2) is 0 Å². The fraction of sp³-hybridized carbons (Fsp3) is 1.00. The summed E-state index contributed by atoms with van der Waals surface area (Å²) in [6, 6.07) is 0. The molecule has 0 aromatic rings. The highest BCUT2D eigenvalue weighted by Gasteiger charge is 2.44. The average Bonchev–Trinajstić information content (AvgIpc) is 1.94. The topological polar surface area (TPSA) is 26.0 Å². The molecule has 13 heavy (non-hydrogen) atoms. The second-order valence-corrected chi connectivity index (χ2v) is 7.58. The molecule has 0 aromatic heterocycles. The Morgan fingerprint density at radius 2 is 1.92 bits per heavy atom. The SMILES string of the molecule is CCC1CC(CN)(SC(C)(C)C)C1. The molecular weight excluding hydrogens is 178 g/mol. The van der Waals surface area contributed by atoms with Gasteiger partial charge < -0.3 is 5.73 Å². The molecular formula is C11H23NS. The third-order valence-corrected chi connectivity index (χ3v) is 4.34. The van der Waals surface area contributed by atoms with Crippen molar-refractivity contribution in [1.82, 2.24) is 0 Å². The van der Waals surface area contributed by atoms with Gasteiger partial charge in [-0.2, -0.15) is 0 Å². The molecule has 1 nitrogen and oxygen atoms in total. The van der Waals surface area contributed by atoms with E-state index in [9.17, 15) is 0 Å². The average molecular weight is 201 g/mol. The van der Waals surface area contributed by atoms with Crippen LogP contribution in [0.3, 0.4) is 0 Å². The Morgan fingerprint density at radius 1 is 1.38 bits per heavy atom. The van der Waals surface area contributed by atoms with E-state index in [2.05, 4.69) is 39.5 Å². The molecule has 0 aliphatic heterocycles. The monoisotopic (exact) mass is 201 g/mol. The van der Waals surface area contributed by atoms with Crippen LogP contribution in [0.1, 0.15) is 47.0 Å². The Balaban J connectivity index is 2.46. The quantitative estimate of drug-likeness (QED) is 0.759. The molecule has 0 saturated heterocycles. The normalized spacial score (nSPS) is 34.4. The van der Waals surface area contributed by atoms with E-state index in [-0.39, 0.29) is 0 Å². The van der Waals surface area contributed by atoms with E-state index in [4.69, 9.17) is 5.73 Å². The van der Waals surface area contributed by atoms with Crippen molar-refractivity contribution in [3.05, 3.63) is 0 Å². The Kier molecular flexibility index (Phi) is 3.34. The molecule has 0 spiro atoms. The summed E-state index contributed by atoms with van der Waals surface area (Å²) in [5, 5.41) is 0. The molecule has 0 aromatic carbocycles. The highest BCUT2D eigenvalue weighted by molar-refractivity contribution is 8.02. The Labute approximate surface area is 86.8 Å². The van der Waals surface area contributed by atoms with E-state index in [0.29, 0.717) is 9.49 Å². The van der Waals surface area contributed by atoms with Gasteiger partial charge in [-0.3, -0.25) is 0 Å². The molecule has 1 saturated carbocycles. The molecule has 1 rings (SSSR count). The lowest BCUT2D eigenvalue weighted by Gasteiger charge is -2.49. The molecule has 2 heteroatoms. The van der Waals surface area contributed by atoms with Crippen molar-refractivity contribution in [2.75, 3.05) is 6.54 Å². The summed E-state index contributed by atoms with van der Waals surface area (Å²) in [5.74, 6) is 0.943. The van der Waals surface area contributed by atoms with Crippen LogP contribution in [0.25, 0.3) is 0 Å². The lowest BCUT2D eigenvalue weighted by molar-refractivity contribution is 0.227. The van der Waals surface area contributed by atoms with Gasteiger partial charge in [-0.1, -0.05) is 34.1 Å². The Bertz CT molecular complexity index is 165. The van der Waals surface area contributed by atoms with Crippen molar-refractivity contribution in [2.24, 2.45) is 11.7 Å². The summed E-state index contributed by atoms with van der Waals surface area (Å²) in [6.07, 6.45) is 4.00. The highest BCUT2D eigenvalue weighted by Crippen LogP contribution is 2.52. The van der Waals surface area contributed by atoms with E-state index in [1.807, 2.05) is 0 Å². The highest BCUT2D eigenvalue weighted by atomic mass is 32.2. The number of thioether (sulfide) groups is 1. The summed E-state index contributed by atoms with van der Waals surface area (Å²) < 4.78 is 0.775. The Hall–Kier alpha value is 0.310.